The summed E-state index contributed by atoms with van der Waals surface area (Å²) in [6, 6.07) is 15.7. The van der Waals surface area contributed by atoms with Crippen molar-refractivity contribution in [1.29, 1.82) is 0 Å². The lowest BCUT2D eigenvalue weighted by molar-refractivity contribution is -0.0328. The number of hydrogen-bond donors (Lipinski definition) is 1. The highest BCUT2D eigenvalue weighted by molar-refractivity contribution is 8.00. The number of rotatable bonds is 4. The number of thioether (sulfide) groups is 1. The van der Waals surface area contributed by atoms with Crippen LogP contribution in [0, 0.1) is 6.92 Å². The summed E-state index contributed by atoms with van der Waals surface area (Å²) >= 11 is -0.0439. The summed E-state index contributed by atoms with van der Waals surface area (Å²) in [5.74, 6) is 0.0619. The molecule has 2 atom stereocenters. The van der Waals surface area contributed by atoms with Crippen LogP contribution in [0.15, 0.2) is 59.6 Å². The minimum atomic E-state index is -4.28. The largest absolute Gasteiger partial charge is 0.446 e. The van der Waals surface area contributed by atoms with E-state index in [4.69, 9.17) is 0 Å². The first kappa shape index (κ1) is 20.2. The molecule has 0 spiro atoms. The van der Waals surface area contributed by atoms with Gasteiger partial charge in [-0.15, -0.1) is 0 Å². The highest BCUT2D eigenvalue weighted by Crippen LogP contribution is 2.41. The van der Waals surface area contributed by atoms with E-state index in [1.54, 1.807) is 13.0 Å². The molecule has 29 heavy (non-hydrogen) atoms. The fourth-order valence-electron chi connectivity index (χ4n) is 4.29. The van der Waals surface area contributed by atoms with Gasteiger partial charge in [0, 0.05) is 28.4 Å². The van der Waals surface area contributed by atoms with Crippen molar-refractivity contribution in [1.82, 2.24) is 10.3 Å². The van der Waals surface area contributed by atoms with E-state index in [2.05, 4.69) is 22.4 Å². The lowest BCUT2D eigenvalue weighted by Crippen LogP contribution is -2.39. The van der Waals surface area contributed by atoms with E-state index in [0.29, 0.717) is 5.56 Å². The first-order valence-corrected chi connectivity index (χ1v) is 10.7. The van der Waals surface area contributed by atoms with E-state index in [9.17, 15) is 13.2 Å². The molecule has 0 amide bonds. The van der Waals surface area contributed by atoms with E-state index in [-0.39, 0.29) is 28.6 Å². The van der Waals surface area contributed by atoms with Crippen LogP contribution in [0.2, 0.25) is 0 Å². The molecule has 6 heteroatoms. The maximum absolute atomic E-state index is 12.9. The maximum atomic E-state index is 12.9. The molecule has 1 saturated heterocycles. The Morgan fingerprint density at radius 1 is 1.10 bits per heavy atom. The molecule has 0 aliphatic carbocycles. The first-order valence-electron chi connectivity index (χ1n) is 9.86. The zero-order valence-electron chi connectivity index (χ0n) is 16.2. The van der Waals surface area contributed by atoms with Gasteiger partial charge in [0.1, 0.15) is 0 Å². The smallest absolute Gasteiger partial charge is 0.313 e. The standard InChI is InChI=1S/C23H23F3N2S/c1-15-14-16(9-10-21(15)29-23(24,25)26)22(20-8-4-5-12-27-20)18-11-13-28-19-7-3-2-6-17(18)19/h2-3,6-7,9-11,13-14,20,22,27H,4-5,8,12H2,1H3. The number of fused-ring (bicyclic) bond motifs is 1. The van der Waals surface area contributed by atoms with E-state index in [1.165, 1.54) is 5.56 Å². The topological polar surface area (TPSA) is 24.9 Å². The van der Waals surface area contributed by atoms with Gasteiger partial charge in [-0.3, -0.25) is 4.98 Å². The average Bonchev–Trinajstić information content (AvgIpc) is 2.70. The zero-order valence-corrected chi connectivity index (χ0v) is 17.0. The fourth-order valence-corrected chi connectivity index (χ4v) is 4.89. The van der Waals surface area contributed by atoms with Gasteiger partial charge in [-0.25, -0.2) is 0 Å². The normalized spacial score (nSPS) is 18.7. The van der Waals surface area contributed by atoms with Gasteiger partial charge in [-0.05, 0) is 73.0 Å². The van der Waals surface area contributed by atoms with Crippen LogP contribution in [0.3, 0.4) is 0 Å². The summed E-state index contributed by atoms with van der Waals surface area (Å²) in [4.78, 5) is 4.75. The van der Waals surface area contributed by atoms with Crippen LogP contribution < -0.4 is 5.32 Å². The van der Waals surface area contributed by atoms with Gasteiger partial charge >= 0.3 is 5.51 Å². The monoisotopic (exact) mass is 416 g/mol. The van der Waals surface area contributed by atoms with Crippen molar-refractivity contribution >= 4 is 22.7 Å². The van der Waals surface area contributed by atoms with Gasteiger partial charge in [0.05, 0.1) is 5.52 Å². The van der Waals surface area contributed by atoms with Crippen LogP contribution in [0.4, 0.5) is 13.2 Å². The molecule has 1 N–H and O–H groups in total. The predicted molar refractivity (Wildman–Crippen MR) is 112 cm³/mol. The molecule has 3 aromatic rings. The molecule has 2 aromatic carbocycles. The van der Waals surface area contributed by atoms with Crippen LogP contribution in [0.5, 0.6) is 0 Å². The molecule has 1 fully saturated rings. The number of aryl methyl sites for hydroxylation is 1. The van der Waals surface area contributed by atoms with Crippen LogP contribution in [0.1, 0.15) is 41.9 Å². The van der Waals surface area contributed by atoms with E-state index >= 15 is 0 Å². The lowest BCUT2D eigenvalue weighted by atomic mass is 9.80. The Labute approximate surface area is 172 Å². The van der Waals surface area contributed by atoms with Gasteiger partial charge in [-0.2, -0.15) is 13.2 Å². The lowest BCUT2D eigenvalue weighted by Gasteiger charge is -2.33. The molecule has 2 heterocycles. The molecule has 1 aliphatic heterocycles. The highest BCUT2D eigenvalue weighted by Gasteiger charge is 2.31. The number of nitrogens with zero attached hydrogens (tertiary/aromatic N) is 1. The number of benzene rings is 2. The molecule has 2 nitrogen and oxygen atoms in total. The Hall–Kier alpha value is -2.05. The third-order valence-electron chi connectivity index (χ3n) is 5.55. The minimum absolute atomic E-state index is 0.0439. The van der Waals surface area contributed by atoms with Gasteiger partial charge in [0.15, 0.2) is 0 Å². The molecule has 1 aliphatic rings. The van der Waals surface area contributed by atoms with Gasteiger partial charge < -0.3 is 5.32 Å². The van der Waals surface area contributed by atoms with Gasteiger partial charge in [-0.1, -0.05) is 36.8 Å². The Morgan fingerprint density at radius 3 is 2.66 bits per heavy atom. The van der Waals surface area contributed by atoms with Gasteiger partial charge in [0.25, 0.3) is 0 Å². The second-order valence-electron chi connectivity index (χ2n) is 7.52. The average molecular weight is 417 g/mol. The van der Waals surface area contributed by atoms with E-state index in [0.717, 1.165) is 42.3 Å². The number of halogens is 3. The molecule has 0 radical (unpaired) electrons. The third kappa shape index (κ3) is 4.59. The van der Waals surface area contributed by atoms with Crippen molar-refractivity contribution in [2.45, 2.75) is 48.5 Å². The Bertz CT molecular complexity index is 992. The molecule has 4 rings (SSSR count). The van der Waals surface area contributed by atoms with E-state index < -0.39 is 5.51 Å². The van der Waals surface area contributed by atoms with Crippen LogP contribution in [-0.4, -0.2) is 23.1 Å². The molecule has 2 unspecified atom stereocenters. The summed E-state index contributed by atoms with van der Waals surface area (Å²) in [6.45, 7) is 2.72. The summed E-state index contributed by atoms with van der Waals surface area (Å²) in [6.07, 6.45) is 5.17. The Kier molecular flexibility index (Phi) is 5.83. The van der Waals surface area contributed by atoms with Crippen molar-refractivity contribution in [3.63, 3.8) is 0 Å². The summed E-state index contributed by atoms with van der Waals surface area (Å²) in [5.41, 5.74) is -0.469. The minimum Gasteiger partial charge on any atom is -0.313 e. The number of aromatic nitrogens is 1. The fraction of sp³-hybridized carbons (Fsp3) is 0.348. The van der Waals surface area contributed by atoms with Gasteiger partial charge in [0.2, 0.25) is 0 Å². The SMILES string of the molecule is Cc1cc(C(c2ccnc3ccccc23)C2CCCCN2)ccc1SC(F)(F)F. The predicted octanol–water partition coefficient (Wildman–Crippen LogP) is 6.43. The van der Waals surface area contributed by atoms with Crippen LogP contribution >= 0.6 is 11.8 Å². The molecule has 0 bridgehead atoms. The molecule has 152 valence electrons. The number of para-hydroxylation sites is 1. The van der Waals surface area contributed by atoms with Crippen LogP contribution in [-0.2, 0) is 0 Å². The maximum Gasteiger partial charge on any atom is 0.446 e. The second kappa shape index (κ2) is 8.36. The van der Waals surface area contributed by atoms with Crippen molar-refractivity contribution in [2.75, 3.05) is 6.54 Å². The highest BCUT2D eigenvalue weighted by atomic mass is 32.2. The summed E-state index contributed by atoms with van der Waals surface area (Å²) < 4.78 is 38.6. The van der Waals surface area contributed by atoms with Crippen molar-refractivity contribution in [3.8, 4) is 0 Å². The zero-order chi connectivity index (χ0) is 20.4. The Morgan fingerprint density at radius 2 is 1.93 bits per heavy atom. The Balaban J connectivity index is 1.80. The molecule has 0 saturated carbocycles. The first-order chi connectivity index (χ1) is 13.9. The number of pyridine rings is 1. The second-order valence-corrected chi connectivity index (χ2v) is 8.63. The number of nitrogens with one attached hydrogen (secondary N) is 1. The van der Waals surface area contributed by atoms with E-state index in [1.807, 2.05) is 36.5 Å². The van der Waals surface area contributed by atoms with Crippen molar-refractivity contribution in [2.24, 2.45) is 0 Å². The molecule has 1 aromatic heterocycles. The molecular weight excluding hydrogens is 393 g/mol. The summed E-state index contributed by atoms with van der Waals surface area (Å²) in [5, 5.41) is 4.74. The number of hydrogen-bond acceptors (Lipinski definition) is 3. The molecular formula is C23H23F3N2S. The summed E-state index contributed by atoms with van der Waals surface area (Å²) in [7, 11) is 0. The van der Waals surface area contributed by atoms with Crippen molar-refractivity contribution < 1.29 is 13.2 Å². The quantitative estimate of drug-likeness (QED) is 0.496. The number of piperidine rings is 1. The van der Waals surface area contributed by atoms with Crippen LogP contribution in [0.25, 0.3) is 10.9 Å². The third-order valence-corrected chi connectivity index (χ3v) is 6.46. The van der Waals surface area contributed by atoms with Crippen molar-refractivity contribution in [3.05, 3.63) is 71.4 Å². The number of alkyl halides is 3.